The van der Waals surface area contributed by atoms with Crippen molar-refractivity contribution in [1.29, 1.82) is 0 Å². The molecule has 0 radical (unpaired) electrons. The van der Waals surface area contributed by atoms with Gasteiger partial charge in [0.05, 0.1) is 13.2 Å². The van der Waals surface area contributed by atoms with Crippen molar-refractivity contribution in [2.75, 3.05) is 40.5 Å². The number of likely N-dealkylation sites (N-methyl/N-ethyl adjacent to an activating group) is 1. The summed E-state index contributed by atoms with van der Waals surface area (Å²) < 4.78 is 10.2. The van der Waals surface area contributed by atoms with Crippen LogP contribution >= 0.6 is 0 Å². The summed E-state index contributed by atoms with van der Waals surface area (Å²) in [6.45, 7) is 8.68. The molecule has 2 unspecified atom stereocenters. The van der Waals surface area contributed by atoms with Gasteiger partial charge in [0.1, 0.15) is 6.04 Å². The summed E-state index contributed by atoms with van der Waals surface area (Å²) in [5.74, 6) is -0.189. The molecule has 5 nitrogen and oxygen atoms in total. The molecule has 0 aromatic rings. The SMILES string of the molecule is CCOC(=O)C(CN(CCOC)C(C)CC)NC. The van der Waals surface area contributed by atoms with E-state index in [2.05, 4.69) is 24.1 Å². The van der Waals surface area contributed by atoms with Gasteiger partial charge in [0.15, 0.2) is 0 Å². The van der Waals surface area contributed by atoms with E-state index in [0.29, 0.717) is 25.8 Å². The van der Waals surface area contributed by atoms with E-state index >= 15 is 0 Å². The molecule has 1 N–H and O–H groups in total. The molecule has 0 bridgehead atoms. The Labute approximate surface area is 111 Å². The molecule has 0 aromatic carbocycles. The van der Waals surface area contributed by atoms with Gasteiger partial charge >= 0.3 is 5.97 Å². The molecule has 0 heterocycles. The van der Waals surface area contributed by atoms with Crippen molar-refractivity contribution >= 4 is 5.97 Å². The standard InChI is InChI=1S/C13H28N2O3/c1-6-11(3)15(8-9-17-5)10-12(14-4)13(16)18-7-2/h11-12,14H,6-10H2,1-5H3. The molecule has 0 saturated carbocycles. The second kappa shape index (κ2) is 10.3. The first-order chi connectivity index (χ1) is 8.60. The van der Waals surface area contributed by atoms with Gasteiger partial charge in [-0.15, -0.1) is 0 Å². The number of nitrogens with one attached hydrogen (secondary N) is 1. The Morgan fingerprint density at radius 1 is 1.39 bits per heavy atom. The van der Waals surface area contributed by atoms with Crippen molar-refractivity contribution in [2.45, 2.75) is 39.3 Å². The summed E-state index contributed by atoms with van der Waals surface area (Å²) in [6, 6.07) is 0.140. The molecule has 0 rings (SSSR count). The van der Waals surface area contributed by atoms with Crippen LogP contribution in [0.1, 0.15) is 27.2 Å². The number of hydrogen-bond acceptors (Lipinski definition) is 5. The van der Waals surface area contributed by atoms with Gasteiger partial charge in [0.2, 0.25) is 0 Å². The molecular weight excluding hydrogens is 232 g/mol. The zero-order valence-electron chi connectivity index (χ0n) is 12.4. The van der Waals surface area contributed by atoms with Crippen LogP contribution in [-0.4, -0.2) is 63.4 Å². The van der Waals surface area contributed by atoms with E-state index in [1.807, 2.05) is 6.92 Å². The number of ether oxygens (including phenoxy) is 2. The third-order valence-electron chi connectivity index (χ3n) is 3.13. The fourth-order valence-electron chi connectivity index (χ4n) is 1.72. The Morgan fingerprint density at radius 2 is 2.06 bits per heavy atom. The number of rotatable bonds is 10. The van der Waals surface area contributed by atoms with Crippen molar-refractivity contribution < 1.29 is 14.3 Å². The fraction of sp³-hybridized carbons (Fsp3) is 0.923. The van der Waals surface area contributed by atoms with Gasteiger partial charge < -0.3 is 14.8 Å². The zero-order chi connectivity index (χ0) is 14.0. The van der Waals surface area contributed by atoms with Crippen LogP contribution in [0.5, 0.6) is 0 Å². The van der Waals surface area contributed by atoms with Gasteiger partial charge in [-0.25, -0.2) is 0 Å². The molecule has 0 aromatic heterocycles. The maximum atomic E-state index is 11.8. The molecule has 0 saturated heterocycles. The van der Waals surface area contributed by atoms with Crippen LogP contribution in [0.4, 0.5) is 0 Å². The number of hydrogen-bond donors (Lipinski definition) is 1. The number of methoxy groups -OCH3 is 1. The lowest BCUT2D eigenvalue weighted by atomic mass is 10.2. The predicted octanol–water partition coefficient (Wildman–Crippen LogP) is 0.884. The third kappa shape index (κ3) is 6.33. The van der Waals surface area contributed by atoms with Gasteiger partial charge in [-0.2, -0.15) is 0 Å². The molecule has 0 spiro atoms. The van der Waals surface area contributed by atoms with Crippen molar-refractivity contribution in [3.8, 4) is 0 Å². The van der Waals surface area contributed by atoms with E-state index in [1.54, 1.807) is 14.2 Å². The topological polar surface area (TPSA) is 50.8 Å². The first-order valence-corrected chi connectivity index (χ1v) is 6.67. The predicted molar refractivity (Wildman–Crippen MR) is 72.7 cm³/mol. The Bertz CT molecular complexity index is 224. The van der Waals surface area contributed by atoms with Gasteiger partial charge in [0, 0.05) is 26.2 Å². The second-order valence-corrected chi connectivity index (χ2v) is 4.34. The molecule has 0 aliphatic rings. The van der Waals surface area contributed by atoms with E-state index in [4.69, 9.17) is 9.47 Å². The summed E-state index contributed by atoms with van der Waals surface area (Å²) >= 11 is 0. The van der Waals surface area contributed by atoms with Crippen LogP contribution in [0.25, 0.3) is 0 Å². The van der Waals surface area contributed by atoms with Gasteiger partial charge in [-0.3, -0.25) is 9.69 Å². The van der Waals surface area contributed by atoms with E-state index in [-0.39, 0.29) is 12.0 Å². The molecule has 5 heteroatoms. The number of nitrogens with zero attached hydrogens (tertiary/aromatic N) is 1. The van der Waals surface area contributed by atoms with Crippen LogP contribution < -0.4 is 5.32 Å². The van der Waals surface area contributed by atoms with Crippen LogP contribution in [0.3, 0.4) is 0 Å². The highest BCUT2D eigenvalue weighted by Gasteiger charge is 2.23. The lowest BCUT2D eigenvalue weighted by molar-refractivity contribution is -0.146. The Balaban J connectivity index is 4.45. The van der Waals surface area contributed by atoms with Crippen molar-refractivity contribution in [2.24, 2.45) is 0 Å². The maximum absolute atomic E-state index is 11.8. The summed E-state index contributed by atoms with van der Waals surface area (Å²) in [7, 11) is 3.47. The van der Waals surface area contributed by atoms with Crippen LogP contribution in [0, 0.1) is 0 Å². The Hall–Kier alpha value is -0.650. The molecule has 0 aliphatic carbocycles. The quantitative estimate of drug-likeness (QED) is 0.591. The van der Waals surface area contributed by atoms with Crippen LogP contribution in [0.15, 0.2) is 0 Å². The molecular formula is C13H28N2O3. The van der Waals surface area contributed by atoms with E-state index in [0.717, 1.165) is 13.0 Å². The highest BCUT2D eigenvalue weighted by atomic mass is 16.5. The van der Waals surface area contributed by atoms with Crippen LogP contribution in [-0.2, 0) is 14.3 Å². The molecule has 0 aliphatic heterocycles. The first kappa shape index (κ1) is 17.4. The number of carbonyl (C=O) groups excluding carboxylic acids is 1. The first-order valence-electron chi connectivity index (χ1n) is 6.67. The summed E-state index contributed by atoms with van der Waals surface area (Å²) in [5.41, 5.74) is 0. The third-order valence-corrected chi connectivity index (χ3v) is 3.13. The highest BCUT2D eigenvalue weighted by molar-refractivity contribution is 5.76. The largest absolute Gasteiger partial charge is 0.465 e. The Morgan fingerprint density at radius 3 is 2.50 bits per heavy atom. The van der Waals surface area contributed by atoms with E-state index in [1.165, 1.54) is 0 Å². The summed E-state index contributed by atoms with van der Waals surface area (Å²) in [4.78, 5) is 14.0. The van der Waals surface area contributed by atoms with Gasteiger partial charge in [0.25, 0.3) is 0 Å². The minimum absolute atomic E-state index is 0.189. The fourth-order valence-corrected chi connectivity index (χ4v) is 1.72. The average molecular weight is 260 g/mol. The van der Waals surface area contributed by atoms with Crippen molar-refractivity contribution in [3.63, 3.8) is 0 Å². The second-order valence-electron chi connectivity index (χ2n) is 4.34. The van der Waals surface area contributed by atoms with E-state index in [9.17, 15) is 4.79 Å². The zero-order valence-corrected chi connectivity index (χ0v) is 12.4. The highest BCUT2D eigenvalue weighted by Crippen LogP contribution is 2.05. The summed E-state index contributed by atoms with van der Waals surface area (Å²) in [6.07, 6.45) is 1.04. The molecule has 0 amide bonds. The molecule has 0 fully saturated rings. The Kier molecular flexibility index (Phi) is 9.92. The lowest BCUT2D eigenvalue weighted by Crippen LogP contribution is -2.49. The van der Waals surface area contributed by atoms with Crippen LogP contribution in [0.2, 0.25) is 0 Å². The molecule has 108 valence electrons. The van der Waals surface area contributed by atoms with Gasteiger partial charge in [-0.1, -0.05) is 6.92 Å². The van der Waals surface area contributed by atoms with Gasteiger partial charge in [-0.05, 0) is 27.3 Å². The number of esters is 1. The molecule has 2 atom stereocenters. The monoisotopic (exact) mass is 260 g/mol. The minimum Gasteiger partial charge on any atom is -0.465 e. The number of carbonyl (C=O) groups is 1. The maximum Gasteiger partial charge on any atom is 0.324 e. The lowest BCUT2D eigenvalue weighted by Gasteiger charge is -2.30. The van der Waals surface area contributed by atoms with E-state index < -0.39 is 0 Å². The smallest absolute Gasteiger partial charge is 0.324 e. The molecule has 18 heavy (non-hydrogen) atoms. The normalized spacial score (nSPS) is 14.6. The average Bonchev–Trinajstić information content (AvgIpc) is 2.38. The minimum atomic E-state index is -0.282. The van der Waals surface area contributed by atoms with Crippen molar-refractivity contribution in [3.05, 3.63) is 0 Å². The van der Waals surface area contributed by atoms with Crippen molar-refractivity contribution in [1.82, 2.24) is 10.2 Å². The summed E-state index contributed by atoms with van der Waals surface area (Å²) in [5, 5.41) is 3.02.